The summed E-state index contributed by atoms with van der Waals surface area (Å²) in [5.74, 6) is 0.719. The molecule has 0 atom stereocenters. The van der Waals surface area contributed by atoms with Crippen molar-refractivity contribution in [1.29, 1.82) is 0 Å². The van der Waals surface area contributed by atoms with Gasteiger partial charge >= 0.3 is 0 Å². The van der Waals surface area contributed by atoms with E-state index in [4.69, 9.17) is 10.5 Å². The van der Waals surface area contributed by atoms with E-state index in [9.17, 15) is 4.79 Å². The van der Waals surface area contributed by atoms with Crippen LogP contribution >= 0.6 is 0 Å². The molecule has 0 fully saturated rings. The van der Waals surface area contributed by atoms with Gasteiger partial charge in [0.15, 0.2) is 0 Å². The van der Waals surface area contributed by atoms with E-state index >= 15 is 0 Å². The Balaban J connectivity index is 2.65. The number of ether oxygens (including phenoxy) is 1. The van der Waals surface area contributed by atoms with Crippen molar-refractivity contribution >= 4 is 0 Å². The molecule has 1 heterocycles. The first-order valence-electron chi connectivity index (χ1n) is 4.98. The standard InChI is InChI=1S/C10H17N3O2/c1-8-7-10(14)13(9(2)12-8)4-6-15-5-3-11/h7H,3-6,11H2,1-2H3. The quantitative estimate of drug-likeness (QED) is 0.687. The van der Waals surface area contributed by atoms with E-state index in [1.807, 2.05) is 13.8 Å². The molecule has 0 saturated heterocycles. The summed E-state index contributed by atoms with van der Waals surface area (Å²) >= 11 is 0. The van der Waals surface area contributed by atoms with Crippen molar-refractivity contribution in [2.24, 2.45) is 5.73 Å². The molecule has 0 spiro atoms. The maximum absolute atomic E-state index is 11.6. The smallest absolute Gasteiger partial charge is 0.253 e. The maximum Gasteiger partial charge on any atom is 0.253 e. The van der Waals surface area contributed by atoms with Gasteiger partial charge in [-0.05, 0) is 13.8 Å². The molecule has 0 aliphatic rings. The highest BCUT2D eigenvalue weighted by Gasteiger charge is 2.01. The van der Waals surface area contributed by atoms with Gasteiger partial charge in [-0.25, -0.2) is 4.98 Å². The third-order valence-corrected chi connectivity index (χ3v) is 2.05. The van der Waals surface area contributed by atoms with Crippen LogP contribution in [-0.2, 0) is 11.3 Å². The minimum atomic E-state index is -0.0312. The third-order valence-electron chi connectivity index (χ3n) is 2.05. The van der Waals surface area contributed by atoms with Crippen LogP contribution in [0.15, 0.2) is 10.9 Å². The maximum atomic E-state index is 11.6. The van der Waals surface area contributed by atoms with Gasteiger partial charge in [-0.2, -0.15) is 0 Å². The Morgan fingerprint density at radius 1 is 1.47 bits per heavy atom. The zero-order valence-corrected chi connectivity index (χ0v) is 9.19. The molecule has 1 aromatic heterocycles. The number of nitrogens with zero attached hydrogens (tertiary/aromatic N) is 2. The van der Waals surface area contributed by atoms with Gasteiger partial charge in [0.25, 0.3) is 5.56 Å². The minimum Gasteiger partial charge on any atom is -0.378 e. The van der Waals surface area contributed by atoms with Gasteiger partial charge in [-0.3, -0.25) is 9.36 Å². The second-order valence-corrected chi connectivity index (χ2v) is 3.34. The lowest BCUT2D eigenvalue weighted by Gasteiger charge is -2.09. The molecule has 0 aromatic carbocycles. The number of hydrogen-bond donors (Lipinski definition) is 1. The van der Waals surface area contributed by atoms with E-state index in [1.54, 1.807) is 4.57 Å². The molecule has 0 radical (unpaired) electrons. The summed E-state index contributed by atoms with van der Waals surface area (Å²) in [6.07, 6.45) is 0. The zero-order valence-electron chi connectivity index (χ0n) is 9.19. The van der Waals surface area contributed by atoms with Crippen LogP contribution in [0.4, 0.5) is 0 Å². The number of rotatable bonds is 5. The Morgan fingerprint density at radius 2 is 2.20 bits per heavy atom. The zero-order chi connectivity index (χ0) is 11.3. The fraction of sp³-hybridized carbons (Fsp3) is 0.600. The number of aromatic nitrogens is 2. The van der Waals surface area contributed by atoms with Crippen molar-refractivity contribution in [1.82, 2.24) is 9.55 Å². The second-order valence-electron chi connectivity index (χ2n) is 3.34. The molecule has 15 heavy (non-hydrogen) atoms. The Bertz CT molecular complexity index is 373. The van der Waals surface area contributed by atoms with Gasteiger partial charge in [0.05, 0.1) is 19.8 Å². The minimum absolute atomic E-state index is 0.0312. The van der Waals surface area contributed by atoms with Crippen molar-refractivity contribution in [2.45, 2.75) is 20.4 Å². The average molecular weight is 211 g/mol. The molecule has 84 valence electrons. The SMILES string of the molecule is Cc1cc(=O)n(CCOCCN)c(C)n1. The molecule has 0 aliphatic carbocycles. The van der Waals surface area contributed by atoms with Crippen molar-refractivity contribution < 1.29 is 4.74 Å². The topological polar surface area (TPSA) is 70.1 Å². The average Bonchev–Trinajstić information content (AvgIpc) is 2.15. The summed E-state index contributed by atoms with van der Waals surface area (Å²) in [6.45, 7) is 5.66. The van der Waals surface area contributed by atoms with Crippen molar-refractivity contribution in [3.05, 3.63) is 27.9 Å². The largest absolute Gasteiger partial charge is 0.378 e. The summed E-state index contributed by atoms with van der Waals surface area (Å²) in [6, 6.07) is 1.52. The molecule has 0 unspecified atom stereocenters. The van der Waals surface area contributed by atoms with Crippen LogP contribution in [-0.4, -0.2) is 29.3 Å². The highest BCUT2D eigenvalue weighted by molar-refractivity contribution is 5.01. The highest BCUT2D eigenvalue weighted by Crippen LogP contribution is 1.93. The van der Waals surface area contributed by atoms with Crippen LogP contribution in [0.5, 0.6) is 0 Å². The summed E-state index contributed by atoms with van der Waals surface area (Å²) < 4.78 is 6.82. The summed E-state index contributed by atoms with van der Waals surface area (Å²) in [7, 11) is 0. The molecule has 0 amide bonds. The summed E-state index contributed by atoms with van der Waals surface area (Å²) in [4.78, 5) is 15.8. The molecule has 0 bridgehead atoms. The molecule has 5 nitrogen and oxygen atoms in total. The third kappa shape index (κ3) is 3.45. The van der Waals surface area contributed by atoms with E-state index in [2.05, 4.69) is 4.98 Å². The van der Waals surface area contributed by atoms with Crippen LogP contribution in [0.1, 0.15) is 11.5 Å². The number of nitrogens with two attached hydrogens (primary N) is 1. The van der Waals surface area contributed by atoms with Crippen molar-refractivity contribution in [3.63, 3.8) is 0 Å². The second kappa shape index (κ2) is 5.63. The molecular weight excluding hydrogens is 194 g/mol. The van der Waals surface area contributed by atoms with E-state index < -0.39 is 0 Å². The Kier molecular flexibility index (Phi) is 4.45. The molecular formula is C10H17N3O2. The predicted octanol–water partition coefficient (Wildman–Crippen LogP) is -0.165. The van der Waals surface area contributed by atoms with Crippen molar-refractivity contribution in [2.75, 3.05) is 19.8 Å². The molecule has 5 heteroatoms. The van der Waals surface area contributed by atoms with E-state index in [-0.39, 0.29) is 5.56 Å². The van der Waals surface area contributed by atoms with Crippen LogP contribution in [0, 0.1) is 13.8 Å². The van der Waals surface area contributed by atoms with Gasteiger partial charge in [0.1, 0.15) is 5.82 Å². The molecule has 0 aliphatic heterocycles. The monoisotopic (exact) mass is 211 g/mol. The fourth-order valence-corrected chi connectivity index (χ4v) is 1.38. The Labute approximate surface area is 88.9 Å². The van der Waals surface area contributed by atoms with Crippen LogP contribution < -0.4 is 11.3 Å². The first-order valence-corrected chi connectivity index (χ1v) is 4.98. The molecule has 0 saturated carbocycles. The molecule has 1 rings (SSSR count). The normalized spacial score (nSPS) is 10.6. The summed E-state index contributed by atoms with van der Waals surface area (Å²) in [5, 5.41) is 0. The number of hydrogen-bond acceptors (Lipinski definition) is 4. The van der Waals surface area contributed by atoms with Crippen LogP contribution in [0.2, 0.25) is 0 Å². The fourth-order valence-electron chi connectivity index (χ4n) is 1.38. The lowest BCUT2D eigenvalue weighted by atomic mass is 10.4. The van der Waals surface area contributed by atoms with Gasteiger partial charge in [0, 0.05) is 18.3 Å². The Morgan fingerprint density at radius 3 is 2.80 bits per heavy atom. The van der Waals surface area contributed by atoms with E-state index in [0.717, 1.165) is 11.5 Å². The highest BCUT2D eigenvalue weighted by atomic mass is 16.5. The van der Waals surface area contributed by atoms with Crippen LogP contribution in [0.25, 0.3) is 0 Å². The van der Waals surface area contributed by atoms with Gasteiger partial charge < -0.3 is 10.5 Å². The van der Waals surface area contributed by atoms with Crippen molar-refractivity contribution in [3.8, 4) is 0 Å². The van der Waals surface area contributed by atoms with Crippen LogP contribution in [0.3, 0.4) is 0 Å². The molecule has 1 aromatic rings. The Hall–Kier alpha value is -1.20. The predicted molar refractivity (Wildman–Crippen MR) is 57.8 cm³/mol. The van der Waals surface area contributed by atoms with Gasteiger partial charge in [0.2, 0.25) is 0 Å². The lowest BCUT2D eigenvalue weighted by molar-refractivity contribution is 0.132. The van der Waals surface area contributed by atoms with Gasteiger partial charge in [-0.15, -0.1) is 0 Å². The van der Waals surface area contributed by atoms with E-state index in [1.165, 1.54) is 6.07 Å². The lowest BCUT2D eigenvalue weighted by Crippen LogP contribution is -2.26. The van der Waals surface area contributed by atoms with Gasteiger partial charge in [-0.1, -0.05) is 0 Å². The molecule has 2 N–H and O–H groups in total. The first-order chi connectivity index (χ1) is 7.15. The van der Waals surface area contributed by atoms with E-state index in [0.29, 0.717) is 26.3 Å². The first kappa shape index (κ1) is 11.9. The summed E-state index contributed by atoms with van der Waals surface area (Å²) in [5.41, 5.74) is 6.00. The number of aryl methyl sites for hydroxylation is 2.